The summed E-state index contributed by atoms with van der Waals surface area (Å²) in [5.41, 5.74) is 2.30. The van der Waals surface area contributed by atoms with Crippen LogP contribution in [-0.2, 0) is 0 Å². The van der Waals surface area contributed by atoms with Gasteiger partial charge < -0.3 is 10.3 Å². The van der Waals surface area contributed by atoms with Gasteiger partial charge in [0.1, 0.15) is 0 Å². The molecule has 0 bridgehead atoms. The van der Waals surface area contributed by atoms with Crippen molar-refractivity contribution >= 4 is 40.0 Å². The molecule has 102 valence electrons. The van der Waals surface area contributed by atoms with Crippen molar-refractivity contribution in [1.29, 1.82) is 0 Å². The Morgan fingerprint density at radius 2 is 1.85 bits per heavy atom. The number of H-pyrrole nitrogens is 1. The van der Waals surface area contributed by atoms with E-state index < -0.39 is 0 Å². The number of halogens is 1. The topological polar surface area (TPSA) is 27.8 Å². The Bertz CT molecular complexity index is 658. The molecule has 1 heterocycles. The van der Waals surface area contributed by atoms with E-state index >= 15 is 0 Å². The molecule has 2 nitrogen and oxygen atoms in total. The molecule has 4 heteroatoms. The number of hydrogen-bond acceptors (Lipinski definition) is 2. The number of benzene rings is 2. The van der Waals surface area contributed by atoms with E-state index in [1.807, 2.05) is 36.0 Å². The van der Waals surface area contributed by atoms with Crippen LogP contribution < -0.4 is 5.32 Å². The Labute approximate surface area is 127 Å². The number of thioether (sulfide) groups is 1. The van der Waals surface area contributed by atoms with Gasteiger partial charge in [-0.25, -0.2) is 0 Å². The molecule has 0 radical (unpaired) electrons. The van der Waals surface area contributed by atoms with Crippen LogP contribution in [0.25, 0.3) is 10.9 Å². The molecule has 0 aliphatic heterocycles. The zero-order valence-electron chi connectivity index (χ0n) is 10.9. The second-order valence-electron chi connectivity index (χ2n) is 4.50. The predicted molar refractivity (Wildman–Crippen MR) is 89.0 cm³/mol. The van der Waals surface area contributed by atoms with E-state index in [2.05, 4.69) is 40.6 Å². The lowest BCUT2D eigenvalue weighted by molar-refractivity contribution is 1.19. The summed E-state index contributed by atoms with van der Waals surface area (Å²) in [6.07, 6.45) is 0. The molecule has 0 unspecified atom stereocenters. The number of fused-ring (bicyclic) bond motifs is 1. The highest BCUT2D eigenvalue weighted by molar-refractivity contribution is 7.99. The van der Waals surface area contributed by atoms with Crippen molar-refractivity contribution in [3.63, 3.8) is 0 Å². The molecule has 0 amide bonds. The van der Waals surface area contributed by atoms with Crippen LogP contribution in [0.5, 0.6) is 0 Å². The molecule has 0 fully saturated rings. The van der Waals surface area contributed by atoms with Gasteiger partial charge in [0, 0.05) is 33.9 Å². The van der Waals surface area contributed by atoms with Gasteiger partial charge in [-0.1, -0.05) is 29.8 Å². The first-order valence-corrected chi connectivity index (χ1v) is 7.87. The minimum absolute atomic E-state index is 0.767. The van der Waals surface area contributed by atoms with E-state index in [1.165, 1.54) is 15.9 Å². The third-order valence-electron chi connectivity index (χ3n) is 3.04. The third kappa shape index (κ3) is 3.30. The van der Waals surface area contributed by atoms with E-state index in [-0.39, 0.29) is 0 Å². The fourth-order valence-corrected chi connectivity index (χ4v) is 2.99. The van der Waals surface area contributed by atoms with Gasteiger partial charge in [-0.05, 0) is 36.4 Å². The predicted octanol–water partition coefficient (Wildman–Crippen LogP) is 5.03. The second-order valence-corrected chi connectivity index (χ2v) is 6.08. The maximum absolute atomic E-state index is 5.86. The highest BCUT2D eigenvalue weighted by Crippen LogP contribution is 2.23. The maximum atomic E-state index is 5.86. The lowest BCUT2D eigenvalue weighted by Gasteiger charge is -2.05. The molecule has 1 aromatic heterocycles. The quantitative estimate of drug-likeness (QED) is 0.511. The molecule has 0 saturated heterocycles. The van der Waals surface area contributed by atoms with E-state index in [1.54, 1.807) is 0 Å². The summed E-state index contributed by atoms with van der Waals surface area (Å²) >= 11 is 7.68. The minimum Gasteiger partial charge on any atom is -0.384 e. The smallest absolute Gasteiger partial charge is 0.0733 e. The SMILES string of the molecule is Clc1ccc(NCCSc2cc3ccccc3[nH]2)cc1. The molecule has 0 aliphatic carbocycles. The molecule has 2 N–H and O–H groups in total. The number of aromatic amines is 1. The van der Waals surface area contributed by atoms with Crippen LogP contribution in [0.3, 0.4) is 0 Å². The fraction of sp³-hybridized carbons (Fsp3) is 0.125. The van der Waals surface area contributed by atoms with Crippen molar-refractivity contribution in [2.24, 2.45) is 0 Å². The lowest BCUT2D eigenvalue weighted by atomic mass is 10.3. The van der Waals surface area contributed by atoms with Gasteiger partial charge in [-0.3, -0.25) is 0 Å². The van der Waals surface area contributed by atoms with Crippen molar-refractivity contribution < 1.29 is 0 Å². The van der Waals surface area contributed by atoms with Crippen LogP contribution in [0.1, 0.15) is 0 Å². The Kier molecular flexibility index (Phi) is 4.19. The summed E-state index contributed by atoms with van der Waals surface area (Å²) in [6, 6.07) is 18.3. The third-order valence-corrected chi connectivity index (χ3v) is 4.23. The second kappa shape index (κ2) is 6.25. The van der Waals surface area contributed by atoms with Gasteiger partial charge in [-0.15, -0.1) is 11.8 Å². The summed E-state index contributed by atoms with van der Waals surface area (Å²) in [5.74, 6) is 1.01. The van der Waals surface area contributed by atoms with E-state index in [0.717, 1.165) is 23.0 Å². The van der Waals surface area contributed by atoms with E-state index in [0.29, 0.717) is 0 Å². The highest BCUT2D eigenvalue weighted by Gasteiger charge is 2.00. The Morgan fingerprint density at radius 3 is 2.65 bits per heavy atom. The average Bonchev–Trinajstić information content (AvgIpc) is 2.88. The van der Waals surface area contributed by atoms with Gasteiger partial charge in [0.05, 0.1) is 5.03 Å². The number of anilines is 1. The van der Waals surface area contributed by atoms with Crippen LogP contribution in [0, 0.1) is 0 Å². The van der Waals surface area contributed by atoms with Crippen LogP contribution in [-0.4, -0.2) is 17.3 Å². The molecular weight excluding hydrogens is 288 g/mol. The lowest BCUT2D eigenvalue weighted by Crippen LogP contribution is -2.03. The molecule has 0 aliphatic rings. The zero-order valence-corrected chi connectivity index (χ0v) is 12.5. The number of rotatable bonds is 5. The largest absolute Gasteiger partial charge is 0.384 e. The molecule has 2 aromatic carbocycles. The number of nitrogens with one attached hydrogen (secondary N) is 2. The molecule has 3 rings (SSSR count). The van der Waals surface area contributed by atoms with Gasteiger partial charge in [0.25, 0.3) is 0 Å². The zero-order chi connectivity index (χ0) is 13.8. The summed E-state index contributed by atoms with van der Waals surface area (Å²) in [6.45, 7) is 0.918. The van der Waals surface area contributed by atoms with Gasteiger partial charge in [0.15, 0.2) is 0 Å². The molecule has 0 saturated carbocycles. The summed E-state index contributed by atoms with van der Waals surface area (Å²) in [4.78, 5) is 3.42. The van der Waals surface area contributed by atoms with Crippen LogP contribution in [0.2, 0.25) is 5.02 Å². The summed E-state index contributed by atoms with van der Waals surface area (Å²) < 4.78 is 0. The van der Waals surface area contributed by atoms with Crippen molar-refractivity contribution in [1.82, 2.24) is 4.98 Å². The summed E-state index contributed by atoms with van der Waals surface area (Å²) in [5, 5.41) is 6.63. The van der Waals surface area contributed by atoms with Crippen molar-refractivity contribution in [2.75, 3.05) is 17.6 Å². The highest BCUT2D eigenvalue weighted by atomic mass is 35.5. The van der Waals surface area contributed by atoms with Crippen molar-refractivity contribution in [3.05, 3.63) is 59.6 Å². The molecule has 20 heavy (non-hydrogen) atoms. The van der Waals surface area contributed by atoms with Crippen molar-refractivity contribution in [3.8, 4) is 0 Å². The first-order chi connectivity index (χ1) is 9.81. The van der Waals surface area contributed by atoms with Gasteiger partial charge in [0.2, 0.25) is 0 Å². The number of para-hydroxylation sites is 1. The van der Waals surface area contributed by atoms with E-state index in [9.17, 15) is 0 Å². The van der Waals surface area contributed by atoms with Crippen LogP contribution >= 0.6 is 23.4 Å². The van der Waals surface area contributed by atoms with Gasteiger partial charge >= 0.3 is 0 Å². The van der Waals surface area contributed by atoms with E-state index in [4.69, 9.17) is 11.6 Å². The summed E-state index contributed by atoms with van der Waals surface area (Å²) in [7, 11) is 0. The van der Waals surface area contributed by atoms with Gasteiger partial charge in [-0.2, -0.15) is 0 Å². The Balaban J connectivity index is 1.51. The number of aromatic nitrogens is 1. The molecule has 0 atom stereocenters. The molecular formula is C16H15ClN2S. The fourth-order valence-electron chi connectivity index (χ4n) is 2.05. The first kappa shape index (κ1) is 13.4. The monoisotopic (exact) mass is 302 g/mol. The Morgan fingerprint density at radius 1 is 1.05 bits per heavy atom. The first-order valence-electron chi connectivity index (χ1n) is 6.51. The van der Waals surface area contributed by atoms with Crippen LogP contribution in [0.15, 0.2) is 59.6 Å². The standard InChI is InChI=1S/C16H15ClN2S/c17-13-5-7-14(8-6-13)18-9-10-20-16-11-12-3-1-2-4-15(12)19-16/h1-8,11,18-19H,9-10H2. The average molecular weight is 303 g/mol. The molecule has 0 spiro atoms. The molecule has 3 aromatic rings. The maximum Gasteiger partial charge on any atom is 0.0733 e. The minimum atomic E-state index is 0.767. The Hall–Kier alpha value is -1.58. The van der Waals surface area contributed by atoms with Crippen molar-refractivity contribution in [2.45, 2.75) is 5.03 Å². The normalized spacial score (nSPS) is 10.8. The van der Waals surface area contributed by atoms with Crippen LogP contribution in [0.4, 0.5) is 5.69 Å². The number of hydrogen-bond donors (Lipinski definition) is 2.